The molecule has 0 aromatic carbocycles. The van der Waals surface area contributed by atoms with Crippen LogP contribution in [0.25, 0.3) is 0 Å². The number of nitrogens with one attached hydrogen (secondary N) is 1. The third kappa shape index (κ3) is 13.4. The molecule has 3 rings (SSSR count). The third-order valence-electron chi connectivity index (χ3n) is 10.9. The van der Waals surface area contributed by atoms with Crippen molar-refractivity contribution < 1.29 is 19.1 Å². The number of carbonyl (C=O) groups is 2. The van der Waals surface area contributed by atoms with Crippen LogP contribution in [0, 0.1) is 29.6 Å². The molecule has 0 radical (unpaired) electrons. The normalized spacial score (nSPS) is 21.7. The van der Waals surface area contributed by atoms with Crippen molar-refractivity contribution in [3.05, 3.63) is 70.9 Å². The number of allylic oxidation sites excluding steroid dienone is 8. The van der Waals surface area contributed by atoms with Gasteiger partial charge in [-0.15, -0.1) is 0 Å². The van der Waals surface area contributed by atoms with Crippen LogP contribution in [0.1, 0.15) is 124 Å². The molecule has 5 heteroatoms. The molecule has 1 fully saturated rings. The SMILES string of the molecule is C=C(C)C(=O)OCC(CCCOC(=O)C(=C)CNC)CC1=CC=C(C2=CC=C(C(C)CCC(C)C3CCC(CCC)CC3)CC2)CC1. The minimum Gasteiger partial charge on any atom is -0.462 e. The van der Waals surface area contributed by atoms with Gasteiger partial charge in [-0.1, -0.05) is 95.1 Å². The molecule has 3 aliphatic rings. The standard InChI is InChI=1S/C42H65NO4/c1-8-10-34-14-18-37(19-15-34)31(4)12-13-32(5)38-22-24-40(25-23-38)39-20-16-35(17-21-39)27-36(29-47-41(44)30(2)3)11-9-26-46-42(45)33(6)28-43-7/h16,20,22,24,31-32,34,36-37,43H,2,6,8-15,17-19,21,23,25-29H2,1,3-5,7H3. The molecule has 3 aliphatic carbocycles. The maximum absolute atomic E-state index is 12.1. The van der Waals surface area contributed by atoms with Gasteiger partial charge in [-0.3, -0.25) is 0 Å². The van der Waals surface area contributed by atoms with E-state index >= 15 is 0 Å². The molecular formula is C42H65NO4. The average molecular weight is 648 g/mol. The Morgan fingerprint density at radius 2 is 1.60 bits per heavy atom. The molecule has 5 nitrogen and oxygen atoms in total. The summed E-state index contributed by atoms with van der Waals surface area (Å²) >= 11 is 0. The molecule has 0 saturated heterocycles. The largest absolute Gasteiger partial charge is 0.462 e. The Labute approximate surface area is 287 Å². The molecule has 47 heavy (non-hydrogen) atoms. The molecular weight excluding hydrogens is 582 g/mol. The van der Waals surface area contributed by atoms with E-state index in [9.17, 15) is 9.59 Å². The fourth-order valence-corrected chi connectivity index (χ4v) is 7.69. The molecule has 1 saturated carbocycles. The fraction of sp³-hybridized carbons (Fsp3) is 0.667. The van der Waals surface area contributed by atoms with Gasteiger partial charge in [0.1, 0.15) is 0 Å². The Kier molecular flexibility index (Phi) is 17.0. The van der Waals surface area contributed by atoms with Crippen molar-refractivity contribution in [2.24, 2.45) is 29.6 Å². The number of carbonyl (C=O) groups excluding carboxylic acids is 2. The van der Waals surface area contributed by atoms with E-state index in [2.05, 4.69) is 63.5 Å². The maximum atomic E-state index is 12.1. The summed E-state index contributed by atoms with van der Waals surface area (Å²) in [4.78, 5) is 24.2. The molecule has 0 spiro atoms. The summed E-state index contributed by atoms with van der Waals surface area (Å²) in [5, 5.41) is 2.92. The van der Waals surface area contributed by atoms with Gasteiger partial charge in [0.15, 0.2) is 0 Å². The number of likely N-dealkylation sites (N-methyl/N-ethyl adjacent to an activating group) is 1. The van der Waals surface area contributed by atoms with Crippen molar-refractivity contribution in [3.8, 4) is 0 Å². The molecule has 0 aromatic heterocycles. The third-order valence-corrected chi connectivity index (χ3v) is 10.9. The number of ether oxygens (including phenoxy) is 2. The van der Waals surface area contributed by atoms with E-state index in [4.69, 9.17) is 9.47 Å². The maximum Gasteiger partial charge on any atom is 0.334 e. The quantitative estimate of drug-likeness (QED) is 0.0809. The monoisotopic (exact) mass is 647 g/mol. The summed E-state index contributed by atoms with van der Waals surface area (Å²) < 4.78 is 10.9. The first-order valence-electron chi connectivity index (χ1n) is 18.7. The van der Waals surface area contributed by atoms with Gasteiger partial charge in [0.25, 0.3) is 0 Å². The Morgan fingerprint density at radius 1 is 0.894 bits per heavy atom. The molecule has 1 N–H and O–H groups in total. The number of hydrogen-bond acceptors (Lipinski definition) is 5. The van der Waals surface area contributed by atoms with Crippen molar-refractivity contribution >= 4 is 11.9 Å². The first-order chi connectivity index (χ1) is 22.6. The highest BCUT2D eigenvalue weighted by Crippen LogP contribution is 2.39. The minimum atomic E-state index is -0.365. The van der Waals surface area contributed by atoms with Gasteiger partial charge in [0.2, 0.25) is 0 Å². The van der Waals surface area contributed by atoms with Gasteiger partial charge in [-0.05, 0) is 125 Å². The molecule has 0 aliphatic heterocycles. The van der Waals surface area contributed by atoms with Crippen LogP contribution in [0.2, 0.25) is 0 Å². The number of rotatable bonds is 20. The summed E-state index contributed by atoms with van der Waals surface area (Å²) in [6, 6.07) is 0. The first-order valence-corrected chi connectivity index (χ1v) is 18.7. The Hall–Kier alpha value is -2.66. The Balaban J connectivity index is 1.49. The Bertz CT molecular complexity index is 1180. The second kappa shape index (κ2) is 20.6. The predicted molar refractivity (Wildman–Crippen MR) is 196 cm³/mol. The molecule has 262 valence electrons. The lowest BCUT2D eigenvalue weighted by atomic mass is 9.73. The summed E-state index contributed by atoms with van der Waals surface area (Å²) in [5.74, 6) is 2.91. The van der Waals surface area contributed by atoms with Gasteiger partial charge < -0.3 is 14.8 Å². The van der Waals surface area contributed by atoms with Crippen LogP contribution in [0.15, 0.2) is 70.9 Å². The van der Waals surface area contributed by atoms with Gasteiger partial charge >= 0.3 is 11.9 Å². The number of hydrogen-bond donors (Lipinski definition) is 1. The minimum absolute atomic E-state index is 0.165. The summed E-state index contributed by atoms with van der Waals surface area (Å²) in [6.45, 7) is 17.5. The number of esters is 2. The predicted octanol–water partition coefficient (Wildman–Crippen LogP) is 10.2. The van der Waals surface area contributed by atoms with Gasteiger partial charge in [-0.25, -0.2) is 9.59 Å². The zero-order valence-corrected chi connectivity index (χ0v) is 30.5. The second-order valence-corrected chi connectivity index (χ2v) is 14.8. The molecule has 0 bridgehead atoms. The van der Waals surface area contributed by atoms with Crippen LogP contribution in [0.5, 0.6) is 0 Å². The van der Waals surface area contributed by atoms with Crippen LogP contribution in [-0.4, -0.2) is 38.7 Å². The first kappa shape index (κ1) is 38.8. The van der Waals surface area contributed by atoms with Crippen molar-refractivity contribution in [1.82, 2.24) is 5.32 Å². The van der Waals surface area contributed by atoms with Crippen LogP contribution >= 0.6 is 0 Å². The average Bonchev–Trinajstić information content (AvgIpc) is 3.08. The molecule has 3 atom stereocenters. The zero-order chi connectivity index (χ0) is 34.2. The summed E-state index contributed by atoms with van der Waals surface area (Å²) in [7, 11) is 1.77. The van der Waals surface area contributed by atoms with Crippen molar-refractivity contribution in [3.63, 3.8) is 0 Å². The lowest BCUT2D eigenvalue weighted by molar-refractivity contribution is -0.140. The van der Waals surface area contributed by atoms with E-state index in [1.807, 2.05) is 0 Å². The second-order valence-electron chi connectivity index (χ2n) is 14.8. The molecule has 0 heterocycles. The van der Waals surface area contributed by atoms with Gasteiger partial charge in [0, 0.05) is 17.7 Å². The van der Waals surface area contributed by atoms with Crippen molar-refractivity contribution in [2.75, 3.05) is 26.8 Å². The lowest BCUT2D eigenvalue weighted by Gasteiger charge is -2.33. The highest BCUT2D eigenvalue weighted by atomic mass is 16.5. The van der Waals surface area contributed by atoms with Crippen LogP contribution in [-0.2, 0) is 19.1 Å². The molecule has 3 unspecified atom stereocenters. The summed E-state index contributed by atoms with van der Waals surface area (Å²) in [6.07, 6.45) is 27.5. The van der Waals surface area contributed by atoms with E-state index in [1.54, 1.807) is 19.5 Å². The molecule has 0 amide bonds. The van der Waals surface area contributed by atoms with Gasteiger partial charge in [0.05, 0.1) is 13.2 Å². The molecule has 0 aromatic rings. The topological polar surface area (TPSA) is 64.6 Å². The van der Waals surface area contributed by atoms with E-state index in [-0.39, 0.29) is 17.9 Å². The smallest absolute Gasteiger partial charge is 0.334 e. The fourth-order valence-electron chi connectivity index (χ4n) is 7.69. The van der Waals surface area contributed by atoms with Crippen LogP contribution < -0.4 is 5.32 Å². The van der Waals surface area contributed by atoms with E-state index < -0.39 is 0 Å². The van der Waals surface area contributed by atoms with E-state index in [1.165, 1.54) is 74.5 Å². The van der Waals surface area contributed by atoms with Crippen molar-refractivity contribution in [2.45, 2.75) is 124 Å². The Morgan fingerprint density at radius 3 is 2.19 bits per heavy atom. The highest BCUT2D eigenvalue weighted by molar-refractivity contribution is 5.88. The van der Waals surface area contributed by atoms with Crippen LogP contribution in [0.3, 0.4) is 0 Å². The van der Waals surface area contributed by atoms with Gasteiger partial charge in [-0.2, -0.15) is 0 Å². The summed E-state index contributed by atoms with van der Waals surface area (Å²) in [5.41, 5.74) is 6.80. The highest BCUT2D eigenvalue weighted by Gasteiger charge is 2.26. The van der Waals surface area contributed by atoms with E-state index in [0.29, 0.717) is 43.2 Å². The van der Waals surface area contributed by atoms with Crippen molar-refractivity contribution in [1.29, 1.82) is 0 Å². The zero-order valence-electron chi connectivity index (χ0n) is 30.5. The van der Waals surface area contributed by atoms with E-state index in [0.717, 1.165) is 49.9 Å². The van der Waals surface area contributed by atoms with Crippen LogP contribution in [0.4, 0.5) is 0 Å². The lowest BCUT2D eigenvalue weighted by Crippen LogP contribution is -2.20.